The first-order valence-electron chi connectivity index (χ1n) is 10.2. The molecule has 0 atom stereocenters. The van der Waals surface area contributed by atoms with E-state index in [0.29, 0.717) is 6.54 Å². The van der Waals surface area contributed by atoms with E-state index in [9.17, 15) is 4.79 Å². The molecule has 1 aliphatic heterocycles. The van der Waals surface area contributed by atoms with Crippen molar-refractivity contribution >= 4 is 35.8 Å². The monoisotopic (exact) mass is 533 g/mol. The van der Waals surface area contributed by atoms with Gasteiger partial charge in [0.1, 0.15) is 11.5 Å². The van der Waals surface area contributed by atoms with Crippen LogP contribution in [0.15, 0.2) is 23.2 Å². The van der Waals surface area contributed by atoms with Crippen LogP contribution in [-0.4, -0.2) is 64.2 Å². The predicted molar refractivity (Wildman–Crippen MR) is 131 cm³/mol. The second kappa shape index (κ2) is 14.3. The second-order valence-electron chi connectivity index (χ2n) is 7.26. The zero-order chi connectivity index (χ0) is 21.1. The first-order chi connectivity index (χ1) is 14.1. The van der Waals surface area contributed by atoms with Gasteiger partial charge in [0.25, 0.3) is 0 Å². The average molecular weight is 533 g/mol. The van der Waals surface area contributed by atoms with Crippen molar-refractivity contribution < 1.29 is 14.3 Å². The number of amides is 1. The molecule has 4 N–H and O–H groups in total. The number of guanidine groups is 1. The Hall–Kier alpha value is -1.75. The SMILES string of the molecule is CN=C(NCCCCN1CCC(C(N)=O)CC1)NCc1ccc(OC)cc1OC.I. The molecule has 0 bridgehead atoms. The number of halogens is 1. The minimum absolute atomic E-state index is 0. The van der Waals surface area contributed by atoms with Gasteiger partial charge in [0.05, 0.1) is 14.2 Å². The van der Waals surface area contributed by atoms with E-state index in [-0.39, 0.29) is 35.8 Å². The molecular formula is C21H36IN5O3. The molecule has 1 amide bonds. The molecule has 170 valence electrons. The molecule has 0 radical (unpaired) electrons. The van der Waals surface area contributed by atoms with E-state index < -0.39 is 0 Å². The van der Waals surface area contributed by atoms with Crippen molar-refractivity contribution in [3.8, 4) is 11.5 Å². The van der Waals surface area contributed by atoms with E-state index >= 15 is 0 Å². The number of nitrogens with one attached hydrogen (secondary N) is 2. The highest BCUT2D eigenvalue weighted by Gasteiger charge is 2.22. The lowest BCUT2D eigenvalue weighted by molar-refractivity contribution is -0.123. The van der Waals surface area contributed by atoms with Gasteiger partial charge in [0.15, 0.2) is 5.96 Å². The van der Waals surface area contributed by atoms with E-state index in [0.717, 1.165) is 74.9 Å². The number of nitrogens with two attached hydrogens (primary N) is 1. The standard InChI is InChI=1S/C21H35N5O3.HI/c1-23-21(25-15-17-6-7-18(28-2)14-19(17)29-3)24-10-4-5-11-26-12-8-16(9-13-26)20(22)27;/h6-7,14,16H,4-5,8-13,15H2,1-3H3,(H2,22,27)(H2,23,24,25);1H. The summed E-state index contributed by atoms with van der Waals surface area (Å²) in [7, 11) is 5.06. The van der Waals surface area contributed by atoms with Gasteiger partial charge < -0.3 is 30.7 Å². The van der Waals surface area contributed by atoms with Crippen LogP contribution in [0, 0.1) is 5.92 Å². The molecule has 30 heavy (non-hydrogen) atoms. The number of likely N-dealkylation sites (tertiary alicyclic amines) is 1. The molecule has 2 rings (SSSR count). The highest BCUT2D eigenvalue weighted by Crippen LogP contribution is 2.24. The minimum atomic E-state index is -0.153. The first-order valence-corrected chi connectivity index (χ1v) is 10.2. The summed E-state index contributed by atoms with van der Waals surface area (Å²) in [4.78, 5) is 17.9. The third-order valence-corrected chi connectivity index (χ3v) is 5.35. The number of methoxy groups -OCH3 is 2. The molecule has 0 aromatic heterocycles. The first kappa shape index (κ1) is 26.3. The lowest BCUT2D eigenvalue weighted by atomic mass is 9.96. The maximum Gasteiger partial charge on any atom is 0.220 e. The molecule has 9 heteroatoms. The van der Waals surface area contributed by atoms with Gasteiger partial charge in [-0.3, -0.25) is 9.79 Å². The number of carbonyl (C=O) groups excluding carboxylic acids is 1. The molecule has 1 fully saturated rings. The Morgan fingerprint density at radius 1 is 1.20 bits per heavy atom. The molecule has 0 unspecified atom stereocenters. The van der Waals surface area contributed by atoms with Crippen LogP contribution in [0.5, 0.6) is 11.5 Å². The number of aliphatic imine (C=N–C) groups is 1. The van der Waals surface area contributed by atoms with Crippen LogP contribution in [0.4, 0.5) is 0 Å². The molecule has 0 aliphatic carbocycles. The summed E-state index contributed by atoms with van der Waals surface area (Å²) in [5.41, 5.74) is 6.43. The average Bonchev–Trinajstić information content (AvgIpc) is 2.75. The van der Waals surface area contributed by atoms with E-state index in [1.54, 1.807) is 21.3 Å². The van der Waals surface area contributed by atoms with Gasteiger partial charge in [-0.1, -0.05) is 0 Å². The van der Waals surface area contributed by atoms with E-state index in [4.69, 9.17) is 15.2 Å². The van der Waals surface area contributed by atoms with Crippen molar-refractivity contribution in [1.82, 2.24) is 15.5 Å². The summed E-state index contributed by atoms with van der Waals surface area (Å²) in [6, 6.07) is 5.78. The third-order valence-electron chi connectivity index (χ3n) is 5.35. The summed E-state index contributed by atoms with van der Waals surface area (Å²) < 4.78 is 10.7. The Kier molecular flexibility index (Phi) is 12.5. The molecule has 8 nitrogen and oxygen atoms in total. The van der Waals surface area contributed by atoms with Gasteiger partial charge in [0, 0.05) is 37.7 Å². The Labute approximate surface area is 197 Å². The quantitative estimate of drug-likeness (QED) is 0.184. The number of unbranched alkanes of at least 4 members (excludes halogenated alkanes) is 1. The highest BCUT2D eigenvalue weighted by atomic mass is 127. The molecule has 0 saturated carbocycles. The molecular weight excluding hydrogens is 497 g/mol. The topological polar surface area (TPSA) is 101 Å². The Morgan fingerprint density at radius 3 is 2.53 bits per heavy atom. The van der Waals surface area contributed by atoms with Crippen LogP contribution >= 0.6 is 24.0 Å². The summed E-state index contributed by atoms with van der Waals surface area (Å²) in [6.07, 6.45) is 3.94. The van der Waals surface area contributed by atoms with Crippen molar-refractivity contribution in [1.29, 1.82) is 0 Å². The summed E-state index contributed by atoms with van der Waals surface area (Å²) in [5.74, 6) is 2.23. The van der Waals surface area contributed by atoms with Crippen LogP contribution < -0.4 is 25.8 Å². The van der Waals surface area contributed by atoms with Crippen molar-refractivity contribution in [2.24, 2.45) is 16.6 Å². The zero-order valence-corrected chi connectivity index (χ0v) is 20.6. The smallest absolute Gasteiger partial charge is 0.220 e. The fourth-order valence-corrected chi connectivity index (χ4v) is 3.51. The Bertz CT molecular complexity index is 679. The van der Waals surface area contributed by atoms with Gasteiger partial charge in [-0.2, -0.15) is 0 Å². The Morgan fingerprint density at radius 2 is 1.93 bits per heavy atom. The number of piperidine rings is 1. The van der Waals surface area contributed by atoms with Gasteiger partial charge >= 0.3 is 0 Å². The molecule has 1 heterocycles. The molecule has 1 aromatic rings. The van der Waals surface area contributed by atoms with E-state index in [1.165, 1.54) is 0 Å². The van der Waals surface area contributed by atoms with Crippen molar-refractivity contribution in [3.63, 3.8) is 0 Å². The van der Waals surface area contributed by atoms with E-state index in [2.05, 4.69) is 20.5 Å². The highest BCUT2D eigenvalue weighted by molar-refractivity contribution is 14.0. The third kappa shape index (κ3) is 8.55. The summed E-state index contributed by atoms with van der Waals surface area (Å²) >= 11 is 0. The molecule has 0 spiro atoms. The largest absolute Gasteiger partial charge is 0.497 e. The normalized spacial score (nSPS) is 15.2. The van der Waals surface area contributed by atoms with E-state index in [1.807, 2.05) is 18.2 Å². The maximum atomic E-state index is 11.2. The summed E-state index contributed by atoms with van der Waals surface area (Å²) in [6.45, 7) is 4.46. The van der Waals surface area contributed by atoms with Crippen LogP contribution in [0.2, 0.25) is 0 Å². The van der Waals surface area contributed by atoms with Gasteiger partial charge in [-0.15, -0.1) is 24.0 Å². The van der Waals surface area contributed by atoms with Crippen molar-refractivity contribution in [3.05, 3.63) is 23.8 Å². The second-order valence-corrected chi connectivity index (χ2v) is 7.26. The number of benzene rings is 1. The predicted octanol–water partition coefficient (Wildman–Crippen LogP) is 1.96. The number of carbonyl (C=O) groups is 1. The Balaban J connectivity index is 0.00000450. The van der Waals surface area contributed by atoms with Crippen LogP contribution in [-0.2, 0) is 11.3 Å². The maximum absolute atomic E-state index is 11.2. The van der Waals surface area contributed by atoms with Crippen molar-refractivity contribution in [2.75, 3.05) is 47.4 Å². The number of ether oxygens (including phenoxy) is 2. The van der Waals surface area contributed by atoms with Gasteiger partial charge in [0.2, 0.25) is 5.91 Å². The van der Waals surface area contributed by atoms with Crippen LogP contribution in [0.25, 0.3) is 0 Å². The van der Waals surface area contributed by atoms with Gasteiger partial charge in [-0.25, -0.2) is 0 Å². The van der Waals surface area contributed by atoms with Crippen LogP contribution in [0.1, 0.15) is 31.2 Å². The number of hydrogen-bond donors (Lipinski definition) is 3. The van der Waals surface area contributed by atoms with Gasteiger partial charge in [-0.05, 0) is 57.5 Å². The number of nitrogens with zero attached hydrogens (tertiary/aromatic N) is 2. The lowest BCUT2D eigenvalue weighted by Gasteiger charge is -2.30. The molecule has 1 saturated heterocycles. The van der Waals surface area contributed by atoms with Crippen LogP contribution in [0.3, 0.4) is 0 Å². The zero-order valence-electron chi connectivity index (χ0n) is 18.3. The van der Waals surface area contributed by atoms with Crippen molar-refractivity contribution in [2.45, 2.75) is 32.2 Å². The number of rotatable bonds is 10. The number of hydrogen-bond acceptors (Lipinski definition) is 5. The number of primary amides is 1. The fraction of sp³-hybridized carbons (Fsp3) is 0.619. The molecule has 1 aromatic carbocycles. The fourth-order valence-electron chi connectivity index (χ4n) is 3.51. The minimum Gasteiger partial charge on any atom is -0.497 e. The lowest BCUT2D eigenvalue weighted by Crippen LogP contribution is -2.39. The molecule has 1 aliphatic rings. The summed E-state index contributed by atoms with van der Waals surface area (Å²) in [5, 5.41) is 6.67.